The average molecular weight is 1090 g/mol. The number of hydrogen-bond donors (Lipinski definition) is 2. The summed E-state index contributed by atoms with van der Waals surface area (Å²) in [6.07, 6.45) is 7.54. The van der Waals surface area contributed by atoms with Crippen LogP contribution in [0.15, 0.2) is 71.7 Å². The van der Waals surface area contributed by atoms with E-state index in [0.717, 1.165) is 22.9 Å². The number of ether oxygens (including phenoxy) is 3. The number of aromatic hydroxyl groups is 1. The van der Waals surface area contributed by atoms with E-state index in [2.05, 4.69) is 33.4 Å². The number of nitriles is 1. The van der Waals surface area contributed by atoms with Gasteiger partial charge in [0, 0.05) is 71.8 Å². The number of carbonyl (C=O) groups excluding carboxylic acids is 2. The van der Waals surface area contributed by atoms with Crippen LogP contribution in [-0.2, 0) is 39.5 Å². The zero-order valence-corrected chi connectivity index (χ0v) is 44.1. The number of hydrogen-bond acceptors (Lipinski definition) is 15. The van der Waals surface area contributed by atoms with E-state index in [0.29, 0.717) is 47.4 Å². The minimum atomic E-state index is -1.96. The standard InChI is InChI=1S/C60H54F3N9O8/c1-6-38-40-22-37(11-13-47(40)66-51-43(38)28-72-48(51)23-45-44(56(72)75)29-78-57(76)60(45,77)8-3)80-32(5)31(4)55(74)71-19-18-69(27-35(71)14-16-64)54-42-25-65-52(41-21-36(73)20-33-10-12-46(62)39(7-2)49(33)41)50(63)53(42)67-58(68-54)79-30-59-15-9-17-70(59)26-34(61)24-59/h2,10-13,20-23,25,32,34-35,73,77H,4,6,8-9,14-15,17-19,24,26-30H2,1,3,5H3. The molecule has 20 heteroatoms. The molecule has 0 radical (unpaired) electrons. The van der Waals surface area contributed by atoms with Crippen LogP contribution in [0, 0.1) is 35.3 Å². The number of anilines is 1. The molecular weight excluding hydrogens is 1030 g/mol. The molecule has 0 saturated carbocycles. The van der Waals surface area contributed by atoms with Crippen LogP contribution < -0.4 is 19.9 Å². The van der Waals surface area contributed by atoms with Crippen molar-refractivity contribution in [1.82, 2.24) is 34.3 Å². The third kappa shape index (κ3) is 8.25. The molecule has 5 atom stereocenters. The van der Waals surface area contributed by atoms with Gasteiger partial charge >= 0.3 is 12.0 Å². The normalized spacial score (nSPS) is 21.6. The lowest BCUT2D eigenvalue weighted by Gasteiger charge is -2.42. The van der Waals surface area contributed by atoms with Crippen LogP contribution in [0.25, 0.3) is 55.2 Å². The number of phenols is 1. The number of esters is 1. The molecule has 5 aliphatic rings. The predicted octanol–water partition coefficient (Wildman–Crippen LogP) is 7.68. The molecule has 0 spiro atoms. The smallest absolute Gasteiger partial charge is 0.343 e. The summed E-state index contributed by atoms with van der Waals surface area (Å²) >= 11 is 0. The van der Waals surface area contributed by atoms with Crippen molar-refractivity contribution in [3.05, 3.63) is 117 Å². The van der Waals surface area contributed by atoms with Crippen LogP contribution in [-0.4, -0.2) is 120 Å². The monoisotopic (exact) mass is 1090 g/mol. The SMILES string of the molecule is C#Cc1c(F)ccc2cc(O)cc(-c3ncc4c(N5CCN(C(=O)C(=C)C(C)Oc6ccc7nc8c(c(CC)c7c6)Cn6c-8cc7c(c6=O)COC(=O)C7(O)CC)C(CC#N)C5)nc(OCC56CCCN5CC(F)C6)nc4c3F)c12. The number of benzene rings is 3. The number of fused-ring (bicyclic) bond motifs is 8. The molecule has 2 N–H and O–H groups in total. The molecule has 1 amide bonds. The Morgan fingerprint density at radius 2 is 1.86 bits per heavy atom. The molecule has 0 bridgehead atoms. The van der Waals surface area contributed by atoms with Crippen molar-refractivity contribution in [2.24, 2.45) is 0 Å². The molecule has 12 rings (SSSR count). The number of pyridine rings is 3. The number of aliphatic hydroxyl groups is 1. The second-order valence-electron chi connectivity index (χ2n) is 21.3. The molecule has 4 aromatic heterocycles. The largest absolute Gasteiger partial charge is 0.508 e. The first-order chi connectivity index (χ1) is 38.5. The second-order valence-corrected chi connectivity index (χ2v) is 21.3. The van der Waals surface area contributed by atoms with Crippen LogP contribution in [0.4, 0.5) is 19.0 Å². The number of alkyl halides is 1. The van der Waals surface area contributed by atoms with Gasteiger partial charge < -0.3 is 38.8 Å². The van der Waals surface area contributed by atoms with Crippen molar-refractivity contribution in [2.75, 3.05) is 44.2 Å². The van der Waals surface area contributed by atoms with Gasteiger partial charge in [-0.25, -0.2) is 22.9 Å². The van der Waals surface area contributed by atoms with Gasteiger partial charge in [-0.2, -0.15) is 15.2 Å². The highest BCUT2D eigenvalue weighted by atomic mass is 19.1. The molecule has 17 nitrogen and oxygen atoms in total. The van der Waals surface area contributed by atoms with Crippen LogP contribution >= 0.6 is 0 Å². The van der Waals surface area contributed by atoms with Crippen LogP contribution in [0.2, 0.25) is 0 Å². The first kappa shape index (κ1) is 52.1. The third-order valence-corrected chi connectivity index (χ3v) is 16.9. The molecule has 3 saturated heterocycles. The molecule has 408 valence electrons. The Morgan fingerprint density at radius 3 is 2.64 bits per heavy atom. The number of carbonyl (C=O) groups is 2. The lowest BCUT2D eigenvalue weighted by Crippen LogP contribution is -2.56. The number of nitrogens with zero attached hydrogens (tertiary/aromatic N) is 9. The van der Waals surface area contributed by atoms with Gasteiger partial charge in [0.05, 0.1) is 64.0 Å². The Labute approximate surface area is 456 Å². The summed E-state index contributed by atoms with van der Waals surface area (Å²) < 4.78 is 67.1. The lowest BCUT2D eigenvalue weighted by molar-refractivity contribution is -0.172. The second kappa shape index (κ2) is 19.6. The van der Waals surface area contributed by atoms with Gasteiger partial charge in [-0.3, -0.25) is 19.5 Å². The van der Waals surface area contributed by atoms with E-state index < -0.39 is 53.0 Å². The Kier molecular flexibility index (Phi) is 12.8. The van der Waals surface area contributed by atoms with Crippen molar-refractivity contribution in [1.29, 1.82) is 5.26 Å². The van der Waals surface area contributed by atoms with Crippen molar-refractivity contribution in [2.45, 2.75) is 102 Å². The summed E-state index contributed by atoms with van der Waals surface area (Å²) in [5.41, 5.74) is 0.485. The highest BCUT2D eigenvalue weighted by Crippen LogP contribution is 2.44. The van der Waals surface area contributed by atoms with Gasteiger partial charge in [-0.1, -0.05) is 32.4 Å². The Hall–Kier alpha value is -8.59. The van der Waals surface area contributed by atoms with E-state index >= 15 is 8.78 Å². The maximum absolute atomic E-state index is 17.4. The van der Waals surface area contributed by atoms with E-state index in [9.17, 15) is 34.2 Å². The molecular formula is C60H54F3N9O8. The molecule has 3 fully saturated rings. The number of aromatic nitrogens is 5. The predicted molar refractivity (Wildman–Crippen MR) is 289 cm³/mol. The van der Waals surface area contributed by atoms with E-state index in [1.807, 2.05) is 17.9 Å². The summed E-state index contributed by atoms with van der Waals surface area (Å²) in [5.74, 6) is -0.161. The number of phenolic OH excluding ortho intramolecular Hbond substituents is 1. The molecule has 7 aromatic rings. The van der Waals surface area contributed by atoms with Crippen molar-refractivity contribution >= 4 is 50.3 Å². The van der Waals surface area contributed by atoms with Crippen LogP contribution in [0.5, 0.6) is 17.5 Å². The molecule has 5 unspecified atom stereocenters. The summed E-state index contributed by atoms with van der Waals surface area (Å²) in [6.45, 7) is 10.8. The molecule has 80 heavy (non-hydrogen) atoms. The third-order valence-electron chi connectivity index (χ3n) is 16.9. The summed E-state index contributed by atoms with van der Waals surface area (Å²) in [7, 11) is 0. The Morgan fingerprint density at radius 1 is 1.04 bits per heavy atom. The first-order valence-electron chi connectivity index (χ1n) is 26.7. The number of rotatable bonds is 12. The summed E-state index contributed by atoms with van der Waals surface area (Å²) in [4.78, 5) is 65.5. The van der Waals surface area contributed by atoms with Gasteiger partial charge in [0.25, 0.3) is 11.5 Å². The first-order valence-corrected chi connectivity index (χ1v) is 26.7. The van der Waals surface area contributed by atoms with Gasteiger partial charge in [0.2, 0.25) is 0 Å². The minimum Gasteiger partial charge on any atom is -0.508 e. The fraction of sp³-hybridized carbons (Fsp3) is 0.367. The van der Waals surface area contributed by atoms with Gasteiger partial charge in [0.15, 0.2) is 11.4 Å². The van der Waals surface area contributed by atoms with Crippen LogP contribution in [0.1, 0.15) is 80.7 Å². The minimum absolute atomic E-state index is 0.0222. The van der Waals surface area contributed by atoms with E-state index in [4.69, 9.17) is 30.6 Å². The number of amides is 1. The van der Waals surface area contributed by atoms with Crippen LogP contribution in [0.3, 0.4) is 0 Å². The van der Waals surface area contributed by atoms with E-state index in [1.165, 1.54) is 30.5 Å². The topological polar surface area (TPSA) is 209 Å². The van der Waals surface area contributed by atoms with Gasteiger partial charge in [-0.15, -0.1) is 6.42 Å². The quantitative estimate of drug-likeness (QED) is 0.0683. The molecule has 3 aromatic carbocycles. The van der Waals surface area contributed by atoms with E-state index in [1.54, 1.807) is 41.5 Å². The average Bonchev–Trinajstić information content (AvgIpc) is 4.29. The summed E-state index contributed by atoms with van der Waals surface area (Å²) in [5, 5.41) is 33.8. The number of cyclic esters (lactones) is 1. The van der Waals surface area contributed by atoms with Crippen molar-refractivity contribution in [3.8, 4) is 58.6 Å². The van der Waals surface area contributed by atoms with Gasteiger partial charge in [0.1, 0.15) is 59.8 Å². The zero-order valence-electron chi connectivity index (χ0n) is 44.1. The maximum atomic E-state index is 17.4. The van der Waals surface area contributed by atoms with Crippen molar-refractivity contribution in [3.63, 3.8) is 0 Å². The maximum Gasteiger partial charge on any atom is 0.343 e. The highest BCUT2D eigenvalue weighted by Gasteiger charge is 2.50. The number of aryl methyl sites for hydroxylation is 1. The van der Waals surface area contributed by atoms with Crippen molar-refractivity contribution < 1.29 is 47.2 Å². The number of terminal acetylenes is 1. The van der Waals surface area contributed by atoms with E-state index in [-0.39, 0.29) is 138 Å². The highest BCUT2D eigenvalue weighted by molar-refractivity contribution is 6.03. The number of piperazine rings is 1. The lowest BCUT2D eigenvalue weighted by atomic mass is 9.86. The Balaban J connectivity index is 0.825. The number of halogens is 3. The molecule has 5 aliphatic heterocycles. The molecule has 0 aliphatic carbocycles. The van der Waals surface area contributed by atoms with Gasteiger partial charge in [-0.05, 0) is 92.6 Å². The Bertz CT molecular complexity index is 3990. The zero-order chi connectivity index (χ0) is 56.1. The molecule has 9 heterocycles. The fourth-order valence-corrected chi connectivity index (χ4v) is 12.8. The fourth-order valence-electron chi connectivity index (χ4n) is 12.8. The summed E-state index contributed by atoms with van der Waals surface area (Å²) in [6, 6.07) is 13.6.